The standard InChI is InChI=1S/C13H26N2/c1-4-13(3)10-14-11(2)8-15(13)9-12-6-5-7-12/h11-12,14H,4-10H2,1-3H3. The van der Waals surface area contributed by atoms with Gasteiger partial charge >= 0.3 is 0 Å². The molecule has 0 aromatic carbocycles. The van der Waals surface area contributed by atoms with E-state index in [-0.39, 0.29) is 0 Å². The first kappa shape index (κ1) is 11.4. The molecule has 2 nitrogen and oxygen atoms in total. The second kappa shape index (κ2) is 4.42. The zero-order valence-electron chi connectivity index (χ0n) is 10.6. The average molecular weight is 210 g/mol. The summed E-state index contributed by atoms with van der Waals surface area (Å²) in [6.45, 7) is 10.8. The summed E-state index contributed by atoms with van der Waals surface area (Å²) in [7, 11) is 0. The molecule has 1 N–H and O–H groups in total. The molecule has 0 bridgehead atoms. The van der Waals surface area contributed by atoms with Crippen molar-refractivity contribution >= 4 is 0 Å². The lowest BCUT2D eigenvalue weighted by Crippen LogP contribution is -2.63. The molecule has 1 aliphatic heterocycles. The van der Waals surface area contributed by atoms with Crippen LogP contribution in [0.4, 0.5) is 0 Å². The van der Waals surface area contributed by atoms with Gasteiger partial charge in [0.1, 0.15) is 0 Å². The summed E-state index contributed by atoms with van der Waals surface area (Å²) in [5, 5.41) is 3.62. The molecule has 15 heavy (non-hydrogen) atoms. The van der Waals surface area contributed by atoms with Crippen molar-refractivity contribution in [1.29, 1.82) is 0 Å². The van der Waals surface area contributed by atoms with Crippen molar-refractivity contribution in [3.05, 3.63) is 0 Å². The van der Waals surface area contributed by atoms with E-state index in [1.807, 2.05) is 0 Å². The number of piperazine rings is 1. The van der Waals surface area contributed by atoms with Gasteiger partial charge in [0.2, 0.25) is 0 Å². The van der Waals surface area contributed by atoms with Crippen LogP contribution in [0.1, 0.15) is 46.5 Å². The maximum atomic E-state index is 3.62. The Labute approximate surface area is 94.4 Å². The van der Waals surface area contributed by atoms with Gasteiger partial charge in [-0.1, -0.05) is 13.3 Å². The topological polar surface area (TPSA) is 15.3 Å². The minimum atomic E-state index is 0.405. The molecule has 2 atom stereocenters. The van der Waals surface area contributed by atoms with E-state index in [1.165, 1.54) is 38.8 Å². The molecule has 2 unspecified atom stereocenters. The van der Waals surface area contributed by atoms with Gasteiger partial charge in [0.05, 0.1) is 0 Å². The zero-order chi connectivity index (χ0) is 10.9. The molecule has 1 heterocycles. The summed E-state index contributed by atoms with van der Waals surface area (Å²) in [5.74, 6) is 1.00. The van der Waals surface area contributed by atoms with Crippen LogP contribution in [-0.2, 0) is 0 Å². The number of hydrogen-bond acceptors (Lipinski definition) is 2. The van der Waals surface area contributed by atoms with Crippen molar-refractivity contribution in [2.24, 2.45) is 5.92 Å². The Morgan fingerprint density at radius 2 is 2.13 bits per heavy atom. The average Bonchev–Trinajstić information content (AvgIpc) is 2.17. The number of hydrogen-bond donors (Lipinski definition) is 1. The first-order valence-corrected chi connectivity index (χ1v) is 6.62. The van der Waals surface area contributed by atoms with Gasteiger partial charge in [0.15, 0.2) is 0 Å². The van der Waals surface area contributed by atoms with Crippen molar-refractivity contribution in [3.63, 3.8) is 0 Å². The van der Waals surface area contributed by atoms with Gasteiger partial charge in [-0.25, -0.2) is 0 Å². The van der Waals surface area contributed by atoms with Crippen LogP contribution in [0.15, 0.2) is 0 Å². The van der Waals surface area contributed by atoms with Crippen LogP contribution in [0.25, 0.3) is 0 Å². The Hall–Kier alpha value is -0.0800. The van der Waals surface area contributed by atoms with Crippen molar-refractivity contribution in [2.75, 3.05) is 19.6 Å². The quantitative estimate of drug-likeness (QED) is 0.768. The summed E-state index contributed by atoms with van der Waals surface area (Å²) in [6.07, 6.45) is 5.67. The molecule has 2 fully saturated rings. The Kier molecular flexibility index (Phi) is 3.36. The molecule has 1 aliphatic carbocycles. The smallest absolute Gasteiger partial charge is 0.0304 e. The molecular formula is C13H26N2. The van der Waals surface area contributed by atoms with E-state index in [9.17, 15) is 0 Å². The number of nitrogens with one attached hydrogen (secondary N) is 1. The third-order valence-electron chi connectivity index (χ3n) is 4.55. The summed E-state index contributed by atoms with van der Waals surface area (Å²) in [6, 6.07) is 0.671. The largest absolute Gasteiger partial charge is 0.311 e. The molecule has 0 spiro atoms. The molecule has 0 radical (unpaired) electrons. The van der Waals surface area contributed by atoms with Crippen molar-refractivity contribution < 1.29 is 0 Å². The molecule has 1 saturated heterocycles. The highest BCUT2D eigenvalue weighted by Crippen LogP contribution is 2.31. The Bertz CT molecular complexity index is 213. The van der Waals surface area contributed by atoms with E-state index in [0.717, 1.165) is 12.5 Å². The fourth-order valence-electron chi connectivity index (χ4n) is 2.75. The van der Waals surface area contributed by atoms with Crippen LogP contribution >= 0.6 is 0 Å². The number of rotatable bonds is 3. The van der Waals surface area contributed by atoms with E-state index < -0.39 is 0 Å². The van der Waals surface area contributed by atoms with Crippen LogP contribution < -0.4 is 5.32 Å². The second-order valence-corrected chi connectivity index (χ2v) is 5.83. The highest BCUT2D eigenvalue weighted by atomic mass is 15.3. The third kappa shape index (κ3) is 2.36. The lowest BCUT2D eigenvalue weighted by molar-refractivity contribution is 0.0258. The van der Waals surface area contributed by atoms with Crippen molar-refractivity contribution in [3.8, 4) is 0 Å². The molecule has 1 saturated carbocycles. The monoisotopic (exact) mass is 210 g/mol. The highest BCUT2D eigenvalue weighted by molar-refractivity contribution is 4.95. The zero-order valence-corrected chi connectivity index (χ0v) is 10.6. The lowest BCUT2D eigenvalue weighted by atomic mass is 9.82. The normalized spacial score (nSPS) is 39.0. The Balaban J connectivity index is 1.95. The van der Waals surface area contributed by atoms with Crippen molar-refractivity contribution in [1.82, 2.24) is 10.2 Å². The van der Waals surface area contributed by atoms with E-state index in [2.05, 4.69) is 31.0 Å². The third-order valence-corrected chi connectivity index (χ3v) is 4.55. The summed E-state index contributed by atoms with van der Waals surface area (Å²) in [4.78, 5) is 2.75. The second-order valence-electron chi connectivity index (χ2n) is 5.83. The van der Waals surface area contributed by atoms with Gasteiger partial charge < -0.3 is 5.32 Å². The molecular weight excluding hydrogens is 184 g/mol. The van der Waals surface area contributed by atoms with Gasteiger partial charge in [0, 0.05) is 31.2 Å². The molecule has 88 valence electrons. The van der Waals surface area contributed by atoms with Crippen LogP contribution in [-0.4, -0.2) is 36.1 Å². The van der Waals surface area contributed by atoms with Gasteiger partial charge in [0.25, 0.3) is 0 Å². The summed E-state index contributed by atoms with van der Waals surface area (Å²) >= 11 is 0. The maximum absolute atomic E-state index is 3.62. The van der Waals surface area contributed by atoms with Crippen LogP contribution in [0.2, 0.25) is 0 Å². The summed E-state index contributed by atoms with van der Waals surface area (Å²) < 4.78 is 0. The van der Waals surface area contributed by atoms with Gasteiger partial charge in [-0.15, -0.1) is 0 Å². The van der Waals surface area contributed by atoms with Gasteiger partial charge in [-0.05, 0) is 39.0 Å². The maximum Gasteiger partial charge on any atom is 0.0304 e. The van der Waals surface area contributed by atoms with E-state index in [0.29, 0.717) is 11.6 Å². The predicted octanol–water partition coefficient (Wildman–Crippen LogP) is 2.25. The first-order chi connectivity index (χ1) is 7.14. The molecule has 0 amide bonds. The predicted molar refractivity (Wildman–Crippen MR) is 65.1 cm³/mol. The fraction of sp³-hybridized carbons (Fsp3) is 1.00. The number of nitrogens with zero attached hydrogens (tertiary/aromatic N) is 1. The Morgan fingerprint density at radius 3 is 2.67 bits per heavy atom. The molecule has 2 heteroatoms. The SMILES string of the molecule is CCC1(C)CNC(C)CN1CC1CCC1. The van der Waals surface area contributed by atoms with Crippen LogP contribution in [0.3, 0.4) is 0 Å². The highest BCUT2D eigenvalue weighted by Gasteiger charge is 2.36. The lowest BCUT2D eigenvalue weighted by Gasteiger charge is -2.49. The minimum Gasteiger partial charge on any atom is -0.311 e. The van der Waals surface area contributed by atoms with Gasteiger partial charge in [-0.3, -0.25) is 4.90 Å². The van der Waals surface area contributed by atoms with Crippen LogP contribution in [0, 0.1) is 5.92 Å². The van der Waals surface area contributed by atoms with Gasteiger partial charge in [-0.2, -0.15) is 0 Å². The van der Waals surface area contributed by atoms with E-state index >= 15 is 0 Å². The molecule has 0 aromatic heterocycles. The first-order valence-electron chi connectivity index (χ1n) is 6.62. The minimum absolute atomic E-state index is 0.405. The van der Waals surface area contributed by atoms with E-state index in [1.54, 1.807) is 0 Å². The molecule has 2 rings (SSSR count). The molecule has 0 aromatic rings. The van der Waals surface area contributed by atoms with Crippen LogP contribution in [0.5, 0.6) is 0 Å². The Morgan fingerprint density at radius 1 is 1.40 bits per heavy atom. The van der Waals surface area contributed by atoms with Crippen molar-refractivity contribution in [2.45, 2.75) is 58.0 Å². The molecule has 2 aliphatic rings. The fourth-order valence-corrected chi connectivity index (χ4v) is 2.75. The van der Waals surface area contributed by atoms with E-state index in [4.69, 9.17) is 0 Å². The summed E-state index contributed by atoms with van der Waals surface area (Å²) in [5.41, 5.74) is 0.405.